The molecule has 0 radical (unpaired) electrons. The number of rotatable bonds is 7. The standard InChI is InChI=1S/C18H27NO2/c1-19(2)12-13-21-18(20)14-17(16-10-6-7-11-16)15-8-4-3-5-9-15/h3-5,8-9,16-17H,6-7,10-14H2,1-2H3. The molecule has 1 aromatic carbocycles. The number of hydrogen-bond acceptors (Lipinski definition) is 3. The Labute approximate surface area is 128 Å². The van der Waals surface area contributed by atoms with Crippen molar-refractivity contribution in [3.63, 3.8) is 0 Å². The Morgan fingerprint density at radius 3 is 2.52 bits per heavy atom. The van der Waals surface area contributed by atoms with Crippen LogP contribution in [0, 0.1) is 5.92 Å². The van der Waals surface area contributed by atoms with E-state index in [1.54, 1.807) is 0 Å². The molecular formula is C18H27NO2. The minimum Gasteiger partial charge on any atom is -0.464 e. The van der Waals surface area contributed by atoms with E-state index >= 15 is 0 Å². The van der Waals surface area contributed by atoms with E-state index in [2.05, 4.69) is 24.3 Å². The lowest BCUT2D eigenvalue weighted by molar-refractivity contribution is -0.144. The monoisotopic (exact) mass is 289 g/mol. The SMILES string of the molecule is CN(C)CCOC(=O)CC(c1ccccc1)C1CCCC1. The molecular weight excluding hydrogens is 262 g/mol. The fourth-order valence-electron chi connectivity index (χ4n) is 3.20. The summed E-state index contributed by atoms with van der Waals surface area (Å²) in [6.07, 6.45) is 5.59. The highest BCUT2D eigenvalue weighted by Gasteiger charge is 2.28. The summed E-state index contributed by atoms with van der Waals surface area (Å²) in [6, 6.07) is 10.5. The molecule has 0 amide bonds. The number of likely N-dealkylation sites (N-methyl/N-ethyl adjacent to an activating group) is 1. The van der Waals surface area contributed by atoms with Crippen LogP contribution in [0.4, 0.5) is 0 Å². The van der Waals surface area contributed by atoms with Crippen LogP contribution in [0.3, 0.4) is 0 Å². The van der Waals surface area contributed by atoms with Crippen LogP contribution in [-0.4, -0.2) is 38.1 Å². The highest BCUT2D eigenvalue weighted by molar-refractivity contribution is 5.70. The molecule has 0 saturated heterocycles. The number of carbonyl (C=O) groups is 1. The van der Waals surface area contributed by atoms with Crippen molar-refractivity contribution >= 4 is 5.97 Å². The summed E-state index contributed by atoms with van der Waals surface area (Å²) >= 11 is 0. The zero-order valence-electron chi connectivity index (χ0n) is 13.3. The van der Waals surface area contributed by atoms with Crippen LogP contribution in [0.25, 0.3) is 0 Å². The number of carbonyl (C=O) groups excluding carboxylic acids is 1. The second-order valence-corrected chi connectivity index (χ2v) is 6.29. The van der Waals surface area contributed by atoms with Crippen LogP contribution in [-0.2, 0) is 9.53 Å². The maximum Gasteiger partial charge on any atom is 0.306 e. The number of benzene rings is 1. The fourth-order valence-corrected chi connectivity index (χ4v) is 3.20. The lowest BCUT2D eigenvalue weighted by atomic mass is 9.82. The Kier molecular flexibility index (Phi) is 6.24. The molecule has 0 aromatic heterocycles. The summed E-state index contributed by atoms with van der Waals surface area (Å²) < 4.78 is 5.38. The van der Waals surface area contributed by atoms with Crippen molar-refractivity contribution in [2.24, 2.45) is 5.92 Å². The third-order valence-corrected chi connectivity index (χ3v) is 4.38. The van der Waals surface area contributed by atoms with Gasteiger partial charge in [0.1, 0.15) is 6.61 Å². The number of ether oxygens (including phenoxy) is 1. The summed E-state index contributed by atoms with van der Waals surface area (Å²) in [4.78, 5) is 14.2. The van der Waals surface area contributed by atoms with Crippen molar-refractivity contribution in [3.8, 4) is 0 Å². The molecule has 2 rings (SSSR count). The smallest absolute Gasteiger partial charge is 0.306 e. The van der Waals surface area contributed by atoms with Crippen molar-refractivity contribution in [1.82, 2.24) is 4.90 Å². The van der Waals surface area contributed by atoms with Crippen LogP contribution in [0.15, 0.2) is 30.3 Å². The highest BCUT2D eigenvalue weighted by Crippen LogP contribution is 2.39. The molecule has 0 bridgehead atoms. The lowest BCUT2D eigenvalue weighted by Gasteiger charge is -2.23. The van der Waals surface area contributed by atoms with Gasteiger partial charge in [-0.1, -0.05) is 43.2 Å². The van der Waals surface area contributed by atoms with Gasteiger partial charge in [-0.05, 0) is 44.3 Å². The first-order valence-electron chi connectivity index (χ1n) is 8.02. The summed E-state index contributed by atoms with van der Waals surface area (Å²) in [5.74, 6) is 0.895. The second kappa shape index (κ2) is 8.18. The van der Waals surface area contributed by atoms with Gasteiger partial charge in [-0.25, -0.2) is 0 Å². The Morgan fingerprint density at radius 2 is 1.90 bits per heavy atom. The molecule has 0 N–H and O–H groups in total. The predicted molar refractivity (Wildman–Crippen MR) is 85.3 cm³/mol. The molecule has 1 fully saturated rings. The molecule has 1 aliphatic carbocycles. The quantitative estimate of drug-likeness (QED) is 0.720. The van der Waals surface area contributed by atoms with E-state index in [1.165, 1.54) is 31.2 Å². The number of esters is 1. The summed E-state index contributed by atoms with van der Waals surface area (Å²) in [7, 11) is 3.97. The zero-order chi connectivity index (χ0) is 15.1. The van der Waals surface area contributed by atoms with Gasteiger partial charge in [-0.15, -0.1) is 0 Å². The molecule has 21 heavy (non-hydrogen) atoms. The molecule has 1 aliphatic rings. The highest BCUT2D eigenvalue weighted by atomic mass is 16.5. The maximum absolute atomic E-state index is 12.1. The van der Waals surface area contributed by atoms with Gasteiger partial charge in [0.2, 0.25) is 0 Å². The Morgan fingerprint density at radius 1 is 1.24 bits per heavy atom. The number of hydrogen-bond donors (Lipinski definition) is 0. The Bertz CT molecular complexity index is 424. The molecule has 1 saturated carbocycles. The first-order valence-corrected chi connectivity index (χ1v) is 8.02. The second-order valence-electron chi connectivity index (χ2n) is 6.29. The van der Waals surface area contributed by atoms with Gasteiger partial charge in [0.05, 0.1) is 6.42 Å². The fraction of sp³-hybridized carbons (Fsp3) is 0.611. The van der Waals surface area contributed by atoms with Crippen LogP contribution < -0.4 is 0 Å². The van der Waals surface area contributed by atoms with Crippen molar-refractivity contribution in [3.05, 3.63) is 35.9 Å². The van der Waals surface area contributed by atoms with Crippen molar-refractivity contribution in [2.75, 3.05) is 27.2 Å². The average molecular weight is 289 g/mol. The van der Waals surface area contributed by atoms with Crippen molar-refractivity contribution in [2.45, 2.75) is 38.0 Å². The van der Waals surface area contributed by atoms with Crippen LogP contribution >= 0.6 is 0 Å². The topological polar surface area (TPSA) is 29.5 Å². The van der Waals surface area contributed by atoms with Gasteiger partial charge < -0.3 is 9.64 Å². The zero-order valence-corrected chi connectivity index (χ0v) is 13.3. The molecule has 3 heteroatoms. The van der Waals surface area contributed by atoms with Gasteiger partial charge in [-0.3, -0.25) is 4.79 Å². The number of nitrogens with zero attached hydrogens (tertiary/aromatic N) is 1. The van der Waals surface area contributed by atoms with E-state index in [0.717, 1.165) is 6.54 Å². The van der Waals surface area contributed by atoms with E-state index in [4.69, 9.17) is 4.74 Å². The molecule has 3 nitrogen and oxygen atoms in total. The minimum absolute atomic E-state index is 0.0578. The average Bonchev–Trinajstić information content (AvgIpc) is 2.99. The normalized spacial score (nSPS) is 17.1. The van der Waals surface area contributed by atoms with E-state index in [-0.39, 0.29) is 5.97 Å². The van der Waals surface area contributed by atoms with Gasteiger partial charge >= 0.3 is 5.97 Å². The molecule has 1 aromatic rings. The minimum atomic E-state index is -0.0578. The van der Waals surface area contributed by atoms with Gasteiger partial charge in [0, 0.05) is 6.54 Å². The van der Waals surface area contributed by atoms with Crippen LogP contribution in [0.5, 0.6) is 0 Å². The summed E-state index contributed by atoms with van der Waals surface area (Å²) in [5, 5.41) is 0. The third kappa shape index (κ3) is 5.16. The molecule has 0 aliphatic heterocycles. The Hall–Kier alpha value is -1.35. The summed E-state index contributed by atoms with van der Waals surface area (Å²) in [5.41, 5.74) is 1.29. The molecule has 116 valence electrons. The predicted octanol–water partition coefficient (Wildman–Crippen LogP) is 3.46. The maximum atomic E-state index is 12.1. The molecule has 0 spiro atoms. The molecule has 0 heterocycles. The van der Waals surface area contributed by atoms with Crippen molar-refractivity contribution < 1.29 is 9.53 Å². The molecule has 1 atom stereocenters. The molecule has 1 unspecified atom stereocenters. The van der Waals surface area contributed by atoms with Crippen molar-refractivity contribution in [1.29, 1.82) is 0 Å². The first-order chi connectivity index (χ1) is 10.2. The van der Waals surface area contributed by atoms with Gasteiger partial charge in [0.25, 0.3) is 0 Å². The van der Waals surface area contributed by atoms with Crippen LogP contribution in [0.1, 0.15) is 43.6 Å². The lowest BCUT2D eigenvalue weighted by Crippen LogP contribution is -2.22. The van der Waals surface area contributed by atoms with Gasteiger partial charge in [-0.2, -0.15) is 0 Å². The Balaban J connectivity index is 1.94. The third-order valence-electron chi connectivity index (χ3n) is 4.38. The van der Waals surface area contributed by atoms with Crippen LogP contribution in [0.2, 0.25) is 0 Å². The summed E-state index contributed by atoms with van der Waals surface area (Å²) in [6.45, 7) is 1.27. The van der Waals surface area contributed by atoms with Gasteiger partial charge in [0.15, 0.2) is 0 Å². The van der Waals surface area contributed by atoms with E-state index in [0.29, 0.717) is 24.9 Å². The van der Waals surface area contributed by atoms with E-state index in [1.807, 2.05) is 25.1 Å². The van der Waals surface area contributed by atoms with E-state index < -0.39 is 0 Å². The largest absolute Gasteiger partial charge is 0.464 e. The van der Waals surface area contributed by atoms with E-state index in [9.17, 15) is 4.79 Å². The first kappa shape index (κ1) is 16.0.